The van der Waals surface area contributed by atoms with Gasteiger partial charge in [-0.05, 0) is 36.2 Å². The molecular formula is C24H23F16NO3S. The van der Waals surface area contributed by atoms with E-state index in [-0.39, 0.29) is 34.6 Å². The number of ether oxygens (including phenoxy) is 1. The number of nitrogens with one attached hydrogen (secondary N) is 1. The average molecular weight is 709 g/mol. The molecule has 0 spiro atoms. The number of methoxy groups -OCH3 is 1. The maximum atomic E-state index is 14.5. The number of anilines is 1. The second kappa shape index (κ2) is 11.6. The molecule has 1 heterocycles. The van der Waals surface area contributed by atoms with Crippen LogP contribution in [0.2, 0.25) is 0 Å². The van der Waals surface area contributed by atoms with E-state index in [9.17, 15) is 79.8 Å². The Morgan fingerprint density at radius 3 is 1.76 bits per heavy atom. The molecule has 1 aromatic heterocycles. The quantitative estimate of drug-likeness (QED) is 0.175. The van der Waals surface area contributed by atoms with Crippen molar-refractivity contribution in [1.29, 1.82) is 0 Å². The van der Waals surface area contributed by atoms with Crippen molar-refractivity contribution in [2.75, 3.05) is 12.4 Å². The van der Waals surface area contributed by atoms with Crippen LogP contribution in [0.3, 0.4) is 0 Å². The molecule has 0 radical (unpaired) electrons. The summed E-state index contributed by atoms with van der Waals surface area (Å²) in [7, 11) is 0.753. The van der Waals surface area contributed by atoms with Crippen molar-refractivity contribution < 1.29 is 84.6 Å². The molecule has 45 heavy (non-hydrogen) atoms. The first-order chi connectivity index (χ1) is 20.0. The molecule has 0 aliphatic heterocycles. The summed E-state index contributed by atoms with van der Waals surface area (Å²) in [6.45, 7) is 5.54. The first-order valence-corrected chi connectivity index (χ1v) is 13.2. The second-order valence-electron chi connectivity index (χ2n) is 10.8. The summed E-state index contributed by atoms with van der Waals surface area (Å²) in [4.78, 5) is 24.7. The predicted molar refractivity (Wildman–Crippen MR) is 125 cm³/mol. The Morgan fingerprint density at radius 2 is 1.31 bits per heavy atom. The van der Waals surface area contributed by atoms with Crippen LogP contribution in [-0.2, 0) is 22.4 Å². The predicted octanol–water partition coefficient (Wildman–Crippen LogP) is 8.73. The number of carbonyl (C=O) groups excluding carboxylic acids is 2. The van der Waals surface area contributed by atoms with Crippen molar-refractivity contribution in [2.24, 2.45) is 11.3 Å². The highest BCUT2D eigenvalue weighted by molar-refractivity contribution is 7.17. The molecular weight excluding hydrogens is 686 g/mol. The number of hydrogen-bond donors (Lipinski definition) is 1. The maximum absolute atomic E-state index is 14.5. The van der Waals surface area contributed by atoms with Crippen molar-refractivity contribution >= 4 is 28.2 Å². The number of carbonyl (C=O) groups is 2. The molecule has 0 saturated carbocycles. The molecule has 260 valence electrons. The minimum Gasteiger partial charge on any atom is -0.465 e. The Hall–Kier alpha value is -2.48. The molecule has 0 saturated heterocycles. The van der Waals surface area contributed by atoms with Crippen LogP contribution in [0.1, 0.15) is 54.4 Å². The van der Waals surface area contributed by atoms with E-state index in [1.807, 2.05) is 20.8 Å². The lowest BCUT2D eigenvalue weighted by Gasteiger charge is -2.42. The van der Waals surface area contributed by atoms with Crippen LogP contribution in [0, 0.1) is 11.3 Å². The van der Waals surface area contributed by atoms with Crippen molar-refractivity contribution in [2.45, 2.75) is 94.3 Å². The molecule has 4 nitrogen and oxygen atoms in total. The molecule has 1 amide bonds. The van der Waals surface area contributed by atoms with Crippen LogP contribution in [0.15, 0.2) is 0 Å². The Balaban J connectivity index is 2.58. The zero-order valence-electron chi connectivity index (χ0n) is 23.2. The lowest BCUT2D eigenvalue weighted by molar-refractivity contribution is -0.443. The zero-order chi connectivity index (χ0) is 35.6. The van der Waals surface area contributed by atoms with Gasteiger partial charge >= 0.3 is 59.8 Å². The molecule has 21 heteroatoms. The van der Waals surface area contributed by atoms with Crippen LogP contribution >= 0.6 is 11.3 Å². The average Bonchev–Trinajstić information content (AvgIpc) is 3.28. The maximum Gasteiger partial charge on any atom is 0.393 e. The van der Waals surface area contributed by atoms with E-state index in [4.69, 9.17) is 0 Å². The second-order valence-corrected chi connectivity index (χ2v) is 11.9. The first-order valence-electron chi connectivity index (χ1n) is 12.4. The highest BCUT2D eigenvalue weighted by Crippen LogP contribution is 2.63. The molecule has 0 bridgehead atoms. The zero-order valence-corrected chi connectivity index (χ0v) is 24.0. The van der Waals surface area contributed by atoms with E-state index < -0.39 is 70.3 Å². The number of hydrogen-bond acceptors (Lipinski definition) is 4. The number of thiophene rings is 1. The number of esters is 1. The molecule has 1 aliphatic carbocycles. The van der Waals surface area contributed by atoms with Gasteiger partial charge in [-0.15, -0.1) is 11.3 Å². The van der Waals surface area contributed by atoms with Gasteiger partial charge in [0.2, 0.25) is 0 Å². The third-order valence-electron chi connectivity index (χ3n) is 7.85. The Morgan fingerprint density at radius 1 is 0.844 bits per heavy atom. The Bertz CT molecular complexity index is 1290. The summed E-state index contributed by atoms with van der Waals surface area (Å²) >= 11 is 0.297. The SMILES string of the molecule is CCC(C)(C)[C@@H]1CCc2c(sc(NC(=O)C(F)(F)C(F)(F)C(F)(F)C(F)(F)C(F)(F)C(F)(F)C(F)(F)C(F)F)c2C(=O)OC)C1. The number of rotatable bonds is 12. The van der Waals surface area contributed by atoms with E-state index in [0.29, 0.717) is 24.2 Å². The van der Waals surface area contributed by atoms with Crippen molar-refractivity contribution in [1.82, 2.24) is 0 Å². The number of halogens is 16. The van der Waals surface area contributed by atoms with Crippen LogP contribution < -0.4 is 5.32 Å². The minimum atomic E-state index is -8.63. The normalized spacial score (nSPS) is 17.8. The summed E-state index contributed by atoms with van der Waals surface area (Å²) in [5, 5.41) is -0.106. The van der Waals surface area contributed by atoms with Crippen molar-refractivity contribution in [3.8, 4) is 0 Å². The molecule has 1 aliphatic rings. The van der Waals surface area contributed by atoms with Gasteiger partial charge in [0.15, 0.2) is 0 Å². The molecule has 0 fully saturated rings. The van der Waals surface area contributed by atoms with Crippen LogP contribution in [-0.4, -0.2) is 66.9 Å². The topological polar surface area (TPSA) is 55.4 Å². The highest BCUT2D eigenvalue weighted by Gasteiger charge is 2.94. The Labute approximate surface area is 247 Å². The van der Waals surface area contributed by atoms with E-state index in [2.05, 4.69) is 4.74 Å². The van der Waals surface area contributed by atoms with Gasteiger partial charge in [-0.2, -0.15) is 61.5 Å². The standard InChI is InChI=1S/C24H23F16NO3S/c1-5-17(2,3)9-6-7-10-11(8-9)45-13(12(10)14(42)44-4)41-16(43)19(29,30)21(33,34)23(37,38)24(39,40)22(35,36)20(31,32)18(27,28)15(25)26/h9,15H,5-8H2,1-4H3,(H,41,43)/t9-/m1/s1. The van der Waals surface area contributed by atoms with Crippen molar-refractivity contribution in [3.63, 3.8) is 0 Å². The molecule has 1 atom stereocenters. The van der Waals surface area contributed by atoms with Gasteiger partial charge in [0, 0.05) is 4.88 Å². The highest BCUT2D eigenvalue weighted by atomic mass is 32.1. The van der Waals surface area contributed by atoms with Crippen LogP contribution in [0.4, 0.5) is 75.2 Å². The van der Waals surface area contributed by atoms with Gasteiger partial charge in [0.05, 0.1) is 12.7 Å². The van der Waals surface area contributed by atoms with Gasteiger partial charge in [-0.3, -0.25) is 4.79 Å². The van der Waals surface area contributed by atoms with E-state index in [0.717, 1.165) is 12.4 Å². The van der Waals surface area contributed by atoms with Gasteiger partial charge in [-0.1, -0.05) is 27.2 Å². The minimum absolute atomic E-state index is 0.0175. The smallest absolute Gasteiger partial charge is 0.393 e. The number of fused-ring (bicyclic) bond motifs is 1. The van der Waals surface area contributed by atoms with Gasteiger partial charge < -0.3 is 10.1 Å². The fraction of sp³-hybridized carbons (Fsp3) is 0.750. The number of amides is 1. The lowest BCUT2D eigenvalue weighted by atomic mass is 9.69. The number of alkyl halides is 16. The monoisotopic (exact) mass is 709 g/mol. The first kappa shape index (κ1) is 38.7. The summed E-state index contributed by atoms with van der Waals surface area (Å²) in [5.41, 5.74) is -1.02. The van der Waals surface area contributed by atoms with Gasteiger partial charge in [0.25, 0.3) is 0 Å². The van der Waals surface area contributed by atoms with Crippen LogP contribution in [0.5, 0.6) is 0 Å². The third kappa shape index (κ3) is 5.61. The summed E-state index contributed by atoms with van der Waals surface area (Å²) in [6, 6.07) is 0. The van der Waals surface area contributed by atoms with E-state index >= 15 is 0 Å². The molecule has 0 aromatic carbocycles. The van der Waals surface area contributed by atoms with E-state index in [1.54, 1.807) is 0 Å². The van der Waals surface area contributed by atoms with Crippen LogP contribution in [0.25, 0.3) is 0 Å². The fourth-order valence-corrected chi connectivity index (χ4v) is 5.72. The summed E-state index contributed by atoms with van der Waals surface area (Å²) < 4.78 is 223. The van der Waals surface area contributed by atoms with Gasteiger partial charge in [-0.25, -0.2) is 13.6 Å². The Kier molecular flexibility index (Phi) is 10.0. The molecule has 1 aromatic rings. The lowest BCUT2D eigenvalue weighted by Crippen LogP contribution is -2.74. The van der Waals surface area contributed by atoms with Crippen molar-refractivity contribution in [3.05, 3.63) is 16.0 Å². The van der Waals surface area contributed by atoms with Gasteiger partial charge in [0.1, 0.15) is 5.00 Å². The molecule has 1 N–H and O–H groups in total. The molecule has 2 rings (SSSR count). The third-order valence-corrected chi connectivity index (χ3v) is 9.02. The summed E-state index contributed by atoms with van der Waals surface area (Å²) in [6.07, 6.45) is -4.84. The largest absolute Gasteiger partial charge is 0.465 e. The van der Waals surface area contributed by atoms with E-state index in [1.165, 1.54) is 0 Å². The fourth-order valence-electron chi connectivity index (χ4n) is 4.41. The molecule has 0 unspecified atom stereocenters. The summed E-state index contributed by atoms with van der Waals surface area (Å²) in [5.74, 6) is -62.0.